The first-order chi connectivity index (χ1) is 10.8. The zero-order chi connectivity index (χ0) is 17.0. The van der Waals surface area contributed by atoms with Crippen LogP contribution in [0, 0.1) is 20.8 Å². The first kappa shape index (κ1) is 17.2. The minimum absolute atomic E-state index is 0.223. The number of rotatable bonds is 4. The van der Waals surface area contributed by atoms with Crippen molar-refractivity contribution in [3.63, 3.8) is 0 Å². The molecule has 2 aromatic rings. The fourth-order valence-electron chi connectivity index (χ4n) is 2.09. The van der Waals surface area contributed by atoms with Gasteiger partial charge in [0.1, 0.15) is 6.42 Å². The van der Waals surface area contributed by atoms with Crippen molar-refractivity contribution >= 4 is 39.1 Å². The summed E-state index contributed by atoms with van der Waals surface area (Å²) in [5.41, 5.74) is 4.50. The second-order valence-electron chi connectivity index (χ2n) is 5.56. The number of halogens is 1. The number of benzene rings is 2. The minimum Gasteiger partial charge on any atom is -0.326 e. The number of carbonyl (C=O) groups excluding carboxylic acids is 2. The van der Waals surface area contributed by atoms with Crippen LogP contribution in [0.25, 0.3) is 0 Å². The van der Waals surface area contributed by atoms with E-state index in [1.165, 1.54) is 0 Å². The van der Waals surface area contributed by atoms with Gasteiger partial charge in [-0.3, -0.25) is 9.59 Å². The predicted molar refractivity (Wildman–Crippen MR) is 96.7 cm³/mol. The van der Waals surface area contributed by atoms with Gasteiger partial charge in [-0.2, -0.15) is 0 Å². The summed E-state index contributed by atoms with van der Waals surface area (Å²) in [5, 5.41) is 5.50. The number of aryl methyl sites for hydroxylation is 3. The number of hydrogen-bond donors (Lipinski definition) is 2. The Balaban J connectivity index is 1.95. The van der Waals surface area contributed by atoms with Crippen molar-refractivity contribution in [1.29, 1.82) is 0 Å². The summed E-state index contributed by atoms with van der Waals surface area (Å²) < 4.78 is 0.912. The first-order valence-electron chi connectivity index (χ1n) is 7.28. The number of anilines is 2. The molecule has 0 unspecified atom stereocenters. The Morgan fingerprint density at radius 3 is 2.26 bits per heavy atom. The van der Waals surface area contributed by atoms with Crippen molar-refractivity contribution in [3.8, 4) is 0 Å². The van der Waals surface area contributed by atoms with Crippen LogP contribution in [0.2, 0.25) is 0 Å². The van der Waals surface area contributed by atoms with E-state index in [1.807, 2.05) is 51.1 Å². The summed E-state index contributed by atoms with van der Waals surface area (Å²) in [6.45, 7) is 5.84. The third-order valence-electron chi connectivity index (χ3n) is 3.44. The van der Waals surface area contributed by atoms with Crippen molar-refractivity contribution in [1.82, 2.24) is 0 Å². The second kappa shape index (κ2) is 7.42. The summed E-state index contributed by atoms with van der Waals surface area (Å²) >= 11 is 3.42. The van der Waals surface area contributed by atoms with Gasteiger partial charge in [-0.25, -0.2) is 0 Å². The zero-order valence-electron chi connectivity index (χ0n) is 13.4. The third kappa shape index (κ3) is 4.93. The molecule has 23 heavy (non-hydrogen) atoms. The largest absolute Gasteiger partial charge is 0.326 e. The molecular weight excluding hydrogens is 356 g/mol. The van der Waals surface area contributed by atoms with Gasteiger partial charge in [0.2, 0.25) is 11.8 Å². The highest BCUT2D eigenvalue weighted by molar-refractivity contribution is 9.10. The lowest BCUT2D eigenvalue weighted by Gasteiger charge is -2.10. The van der Waals surface area contributed by atoms with Gasteiger partial charge in [0.15, 0.2) is 0 Å². The van der Waals surface area contributed by atoms with E-state index in [0.717, 1.165) is 26.9 Å². The van der Waals surface area contributed by atoms with E-state index in [-0.39, 0.29) is 18.2 Å². The fourth-order valence-corrected chi connectivity index (χ4v) is 2.47. The lowest BCUT2D eigenvalue weighted by atomic mass is 10.1. The molecule has 0 bridgehead atoms. The Hall–Kier alpha value is -2.14. The third-order valence-corrected chi connectivity index (χ3v) is 4.30. The minimum atomic E-state index is -0.344. The van der Waals surface area contributed by atoms with Crippen molar-refractivity contribution in [2.75, 3.05) is 10.6 Å². The zero-order valence-corrected chi connectivity index (χ0v) is 15.0. The Morgan fingerprint density at radius 1 is 0.913 bits per heavy atom. The van der Waals surface area contributed by atoms with Gasteiger partial charge in [-0.15, -0.1) is 0 Å². The maximum atomic E-state index is 12.0. The highest BCUT2D eigenvalue weighted by Gasteiger charge is 2.11. The van der Waals surface area contributed by atoms with E-state index < -0.39 is 0 Å². The smallest absolute Gasteiger partial charge is 0.233 e. The van der Waals surface area contributed by atoms with Gasteiger partial charge in [-0.05, 0) is 55.7 Å². The highest BCUT2D eigenvalue weighted by Crippen LogP contribution is 2.21. The molecular formula is C18H19BrN2O2. The molecule has 0 aliphatic rings. The topological polar surface area (TPSA) is 58.2 Å². The maximum Gasteiger partial charge on any atom is 0.233 e. The van der Waals surface area contributed by atoms with Gasteiger partial charge < -0.3 is 10.6 Å². The Bertz CT molecular complexity index is 757. The normalized spacial score (nSPS) is 10.3. The van der Waals surface area contributed by atoms with E-state index in [2.05, 4.69) is 26.6 Å². The fraction of sp³-hybridized carbons (Fsp3) is 0.222. The lowest BCUT2D eigenvalue weighted by Crippen LogP contribution is -2.21. The summed E-state index contributed by atoms with van der Waals surface area (Å²) in [7, 11) is 0. The van der Waals surface area contributed by atoms with E-state index in [0.29, 0.717) is 5.69 Å². The van der Waals surface area contributed by atoms with E-state index in [1.54, 1.807) is 6.07 Å². The lowest BCUT2D eigenvalue weighted by molar-refractivity contribution is -0.123. The highest BCUT2D eigenvalue weighted by atomic mass is 79.9. The Morgan fingerprint density at radius 2 is 1.57 bits per heavy atom. The molecule has 120 valence electrons. The van der Waals surface area contributed by atoms with Crippen LogP contribution in [0.4, 0.5) is 11.4 Å². The molecule has 0 saturated heterocycles. The van der Waals surface area contributed by atoms with Crippen molar-refractivity contribution in [3.05, 3.63) is 57.6 Å². The summed E-state index contributed by atoms with van der Waals surface area (Å²) in [6, 6.07) is 11.3. The van der Waals surface area contributed by atoms with Crippen LogP contribution in [0.15, 0.2) is 40.9 Å². The van der Waals surface area contributed by atoms with E-state index in [4.69, 9.17) is 0 Å². The van der Waals surface area contributed by atoms with Gasteiger partial charge >= 0.3 is 0 Å². The van der Waals surface area contributed by atoms with Crippen molar-refractivity contribution in [2.45, 2.75) is 27.2 Å². The molecule has 2 aromatic carbocycles. The van der Waals surface area contributed by atoms with Gasteiger partial charge in [0.25, 0.3) is 0 Å². The van der Waals surface area contributed by atoms with Crippen LogP contribution in [-0.4, -0.2) is 11.8 Å². The monoisotopic (exact) mass is 374 g/mol. The number of nitrogens with one attached hydrogen (secondary N) is 2. The average molecular weight is 375 g/mol. The average Bonchev–Trinajstić information content (AvgIpc) is 2.46. The van der Waals surface area contributed by atoms with Crippen LogP contribution in [0.3, 0.4) is 0 Å². The molecule has 0 heterocycles. The summed E-state index contributed by atoms with van der Waals surface area (Å²) in [6.07, 6.45) is -0.223. The summed E-state index contributed by atoms with van der Waals surface area (Å²) in [5.74, 6) is -0.675. The summed E-state index contributed by atoms with van der Waals surface area (Å²) in [4.78, 5) is 24.0. The van der Waals surface area contributed by atoms with E-state index in [9.17, 15) is 9.59 Å². The predicted octanol–water partition coefficient (Wildman–Crippen LogP) is 4.34. The molecule has 0 saturated carbocycles. The van der Waals surface area contributed by atoms with Crippen LogP contribution in [-0.2, 0) is 9.59 Å². The molecule has 0 atom stereocenters. The quantitative estimate of drug-likeness (QED) is 0.781. The van der Waals surface area contributed by atoms with Gasteiger partial charge in [-0.1, -0.05) is 34.1 Å². The number of amides is 2. The van der Waals surface area contributed by atoms with Gasteiger partial charge in [0, 0.05) is 15.8 Å². The molecule has 0 fully saturated rings. The molecule has 0 spiro atoms. The van der Waals surface area contributed by atoms with Crippen LogP contribution < -0.4 is 10.6 Å². The molecule has 0 aromatic heterocycles. The molecule has 0 aliphatic carbocycles. The van der Waals surface area contributed by atoms with Crippen molar-refractivity contribution in [2.24, 2.45) is 0 Å². The standard InChI is InChI=1S/C18H19BrN2O2/c1-11-4-5-13(3)16(8-11)21-18(23)10-17(22)20-14-7-6-12(2)15(19)9-14/h4-9H,10H2,1-3H3,(H,20,22)(H,21,23). The molecule has 5 heteroatoms. The van der Waals surface area contributed by atoms with Crippen molar-refractivity contribution < 1.29 is 9.59 Å². The number of hydrogen-bond acceptors (Lipinski definition) is 2. The maximum absolute atomic E-state index is 12.0. The molecule has 2 N–H and O–H groups in total. The van der Waals surface area contributed by atoms with Crippen LogP contribution in [0.5, 0.6) is 0 Å². The second-order valence-corrected chi connectivity index (χ2v) is 6.41. The first-order valence-corrected chi connectivity index (χ1v) is 8.07. The molecule has 2 amide bonds. The van der Waals surface area contributed by atoms with E-state index >= 15 is 0 Å². The van der Waals surface area contributed by atoms with Crippen LogP contribution in [0.1, 0.15) is 23.1 Å². The SMILES string of the molecule is Cc1ccc(C)c(NC(=O)CC(=O)Nc2ccc(C)c(Br)c2)c1. The Labute approximate surface area is 144 Å². The molecule has 0 radical (unpaired) electrons. The molecule has 2 rings (SSSR count). The van der Waals surface area contributed by atoms with Crippen LogP contribution >= 0.6 is 15.9 Å². The molecule has 0 aliphatic heterocycles. The molecule has 4 nitrogen and oxygen atoms in total. The number of carbonyl (C=O) groups is 2. The van der Waals surface area contributed by atoms with Gasteiger partial charge in [0.05, 0.1) is 0 Å². The Kier molecular flexibility index (Phi) is 5.55.